The van der Waals surface area contributed by atoms with Crippen molar-refractivity contribution >= 4 is 39.8 Å². The van der Waals surface area contributed by atoms with Crippen molar-refractivity contribution in [2.24, 2.45) is 10.4 Å². The van der Waals surface area contributed by atoms with Gasteiger partial charge in [0.15, 0.2) is 5.96 Å². The van der Waals surface area contributed by atoms with E-state index in [1.165, 1.54) is 6.26 Å². The third kappa shape index (κ3) is 10.6. The van der Waals surface area contributed by atoms with E-state index in [-0.39, 0.29) is 35.1 Å². The van der Waals surface area contributed by atoms with Gasteiger partial charge in [-0.3, -0.25) is 4.99 Å². The Labute approximate surface area is 157 Å². The normalized spacial score (nSPS) is 12.6. The second kappa shape index (κ2) is 10.2. The molecule has 1 rings (SSSR count). The molecule has 0 saturated carbocycles. The Morgan fingerprint density at radius 2 is 1.83 bits per heavy atom. The fourth-order valence-electron chi connectivity index (χ4n) is 1.92. The second-order valence-electron chi connectivity index (χ2n) is 6.32. The summed E-state index contributed by atoms with van der Waals surface area (Å²) < 4.78 is 24.6. The molecule has 0 aliphatic rings. The fraction of sp³-hybridized carbons (Fsp3) is 0.667. The van der Waals surface area contributed by atoms with Gasteiger partial charge in [0, 0.05) is 45.3 Å². The number of aromatic nitrogens is 1. The Bertz CT molecular complexity index is 568. The van der Waals surface area contributed by atoms with Crippen molar-refractivity contribution in [3.63, 3.8) is 0 Å². The quantitative estimate of drug-likeness (QED) is 0.355. The minimum absolute atomic E-state index is 0. The molecular weight excluding hydrogens is 427 g/mol. The monoisotopic (exact) mass is 456 g/mol. The molecule has 134 valence electrons. The van der Waals surface area contributed by atoms with Crippen molar-refractivity contribution < 1.29 is 8.42 Å². The first-order chi connectivity index (χ1) is 10.2. The molecule has 1 aromatic heterocycles. The highest BCUT2D eigenvalue weighted by atomic mass is 127. The molecule has 0 aliphatic carbocycles. The number of guanidine groups is 1. The van der Waals surface area contributed by atoms with Gasteiger partial charge >= 0.3 is 0 Å². The first-order valence-corrected chi connectivity index (χ1v) is 9.51. The van der Waals surface area contributed by atoms with Crippen LogP contribution in [0.4, 0.5) is 0 Å². The van der Waals surface area contributed by atoms with Crippen LogP contribution in [-0.4, -0.2) is 51.1 Å². The van der Waals surface area contributed by atoms with E-state index >= 15 is 0 Å². The van der Waals surface area contributed by atoms with Gasteiger partial charge in [-0.05, 0) is 24.0 Å². The molecule has 0 unspecified atom stereocenters. The van der Waals surface area contributed by atoms with Gasteiger partial charge in [0.25, 0.3) is 0 Å². The summed E-state index contributed by atoms with van der Waals surface area (Å²) in [5, 5.41) is 6.51. The topological polar surface area (TPSA) is 75.5 Å². The lowest BCUT2D eigenvalue weighted by Gasteiger charge is -2.25. The molecule has 1 aromatic rings. The third-order valence-electron chi connectivity index (χ3n) is 3.44. The largest absolute Gasteiger partial charge is 0.356 e. The van der Waals surface area contributed by atoms with Crippen LogP contribution in [0, 0.1) is 5.41 Å². The van der Waals surface area contributed by atoms with E-state index in [1.54, 1.807) is 7.05 Å². The highest BCUT2D eigenvalue weighted by molar-refractivity contribution is 14.0. The van der Waals surface area contributed by atoms with Crippen LogP contribution in [0.25, 0.3) is 0 Å². The zero-order valence-electron chi connectivity index (χ0n) is 14.4. The van der Waals surface area contributed by atoms with Crippen LogP contribution in [0.5, 0.6) is 0 Å². The maximum atomic E-state index is 11.3. The van der Waals surface area contributed by atoms with E-state index in [2.05, 4.69) is 34.0 Å². The van der Waals surface area contributed by atoms with Crippen molar-refractivity contribution in [1.82, 2.24) is 15.2 Å². The number of aliphatic imine (C=N–C) groups is 1. The van der Waals surface area contributed by atoms with Gasteiger partial charge in [0.05, 0.1) is 5.75 Å². The van der Waals surface area contributed by atoms with Crippen LogP contribution in [0.1, 0.15) is 20.3 Å². The first kappa shape index (κ1) is 22.2. The Morgan fingerprint density at radius 3 is 2.35 bits per heavy atom. The van der Waals surface area contributed by atoms with E-state index in [1.807, 2.05) is 24.5 Å². The van der Waals surface area contributed by atoms with E-state index < -0.39 is 9.84 Å². The van der Waals surface area contributed by atoms with Gasteiger partial charge < -0.3 is 15.2 Å². The van der Waals surface area contributed by atoms with Crippen LogP contribution in [0.3, 0.4) is 0 Å². The molecule has 0 radical (unpaired) electrons. The van der Waals surface area contributed by atoms with E-state index in [0.717, 1.165) is 19.0 Å². The third-order valence-corrected chi connectivity index (χ3v) is 4.38. The number of hydrogen-bond donors (Lipinski definition) is 2. The smallest absolute Gasteiger partial charge is 0.191 e. The zero-order valence-corrected chi connectivity index (χ0v) is 17.5. The van der Waals surface area contributed by atoms with Gasteiger partial charge in [-0.2, -0.15) is 0 Å². The van der Waals surface area contributed by atoms with Crippen LogP contribution >= 0.6 is 24.0 Å². The maximum absolute atomic E-state index is 11.3. The number of halogens is 1. The lowest BCUT2D eigenvalue weighted by Crippen LogP contribution is -2.43. The molecule has 2 N–H and O–H groups in total. The average molecular weight is 456 g/mol. The van der Waals surface area contributed by atoms with Gasteiger partial charge in [-0.25, -0.2) is 8.42 Å². The molecule has 23 heavy (non-hydrogen) atoms. The Balaban J connectivity index is 0.00000484. The Kier molecular flexibility index (Phi) is 9.83. The number of sulfone groups is 1. The average Bonchev–Trinajstić information content (AvgIpc) is 2.93. The molecule has 0 aliphatic heterocycles. The molecule has 0 fully saturated rings. The van der Waals surface area contributed by atoms with Crippen LogP contribution in [-0.2, 0) is 16.4 Å². The van der Waals surface area contributed by atoms with Gasteiger partial charge in [0.2, 0.25) is 0 Å². The van der Waals surface area contributed by atoms with Crippen molar-refractivity contribution in [3.05, 3.63) is 24.5 Å². The summed E-state index contributed by atoms with van der Waals surface area (Å²) >= 11 is 0. The SMILES string of the molecule is CN=C(NCCn1cccc1)NCC(C)(C)CCS(C)(=O)=O.I. The van der Waals surface area contributed by atoms with Gasteiger partial charge in [0.1, 0.15) is 9.84 Å². The summed E-state index contributed by atoms with van der Waals surface area (Å²) in [6.07, 6.45) is 5.94. The second-order valence-corrected chi connectivity index (χ2v) is 8.58. The Hall–Kier alpha value is -0.770. The first-order valence-electron chi connectivity index (χ1n) is 7.45. The summed E-state index contributed by atoms with van der Waals surface area (Å²) in [6, 6.07) is 3.99. The van der Waals surface area contributed by atoms with Crippen LogP contribution in [0.2, 0.25) is 0 Å². The fourth-order valence-corrected chi connectivity index (χ4v) is 2.84. The maximum Gasteiger partial charge on any atom is 0.191 e. The molecule has 1 heterocycles. The lowest BCUT2D eigenvalue weighted by atomic mass is 9.90. The Morgan fingerprint density at radius 1 is 1.22 bits per heavy atom. The van der Waals surface area contributed by atoms with Crippen molar-refractivity contribution in [2.45, 2.75) is 26.8 Å². The van der Waals surface area contributed by atoms with E-state index in [4.69, 9.17) is 0 Å². The molecule has 0 aromatic carbocycles. The molecule has 0 amide bonds. The summed E-state index contributed by atoms with van der Waals surface area (Å²) in [4.78, 5) is 4.19. The zero-order chi connectivity index (χ0) is 16.6. The molecule has 6 nitrogen and oxygen atoms in total. The van der Waals surface area contributed by atoms with Gasteiger partial charge in [-0.1, -0.05) is 13.8 Å². The minimum Gasteiger partial charge on any atom is -0.356 e. The summed E-state index contributed by atoms with van der Waals surface area (Å²) in [6.45, 7) is 6.42. The van der Waals surface area contributed by atoms with Crippen molar-refractivity contribution in [3.8, 4) is 0 Å². The van der Waals surface area contributed by atoms with Crippen molar-refractivity contribution in [1.29, 1.82) is 0 Å². The molecule has 0 bridgehead atoms. The highest BCUT2D eigenvalue weighted by Crippen LogP contribution is 2.19. The number of nitrogens with zero attached hydrogens (tertiary/aromatic N) is 2. The van der Waals surface area contributed by atoms with Gasteiger partial charge in [-0.15, -0.1) is 24.0 Å². The minimum atomic E-state index is -2.92. The highest BCUT2D eigenvalue weighted by Gasteiger charge is 2.20. The molecule has 0 atom stereocenters. The predicted molar refractivity (Wildman–Crippen MR) is 107 cm³/mol. The van der Waals surface area contributed by atoms with Crippen LogP contribution < -0.4 is 10.6 Å². The van der Waals surface area contributed by atoms with Crippen molar-refractivity contribution in [2.75, 3.05) is 32.1 Å². The van der Waals surface area contributed by atoms with E-state index in [0.29, 0.717) is 13.0 Å². The summed E-state index contributed by atoms with van der Waals surface area (Å²) in [7, 11) is -1.19. The number of hydrogen-bond acceptors (Lipinski definition) is 3. The number of rotatable bonds is 8. The predicted octanol–water partition coefficient (Wildman–Crippen LogP) is 1.73. The molecular formula is C15H29IN4O2S. The molecule has 0 saturated heterocycles. The summed E-state index contributed by atoms with van der Waals surface area (Å²) in [5.74, 6) is 0.945. The standard InChI is InChI=1S/C15H28N4O2S.HI/c1-15(2,7-12-22(4,20)21)13-18-14(16-3)17-8-11-19-9-5-6-10-19;/h5-6,9-10H,7-8,11-13H2,1-4H3,(H2,16,17,18);1H. The van der Waals surface area contributed by atoms with E-state index in [9.17, 15) is 8.42 Å². The number of nitrogens with one attached hydrogen (secondary N) is 2. The molecule has 0 spiro atoms. The lowest BCUT2D eigenvalue weighted by molar-refractivity contribution is 0.348. The van der Waals surface area contributed by atoms with Crippen LogP contribution in [0.15, 0.2) is 29.5 Å². The molecule has 8 heteroatoms. The summed E-state index contributed by atoms with van der Waals surface area (Å²) in [5.41, 5.74) is -0.110.